The maximum atomic E-state index is 13.0. The first-order chi connectivity index (χ1) is 10.3. The molecular weight excluding hydrogens is 319 g/mol. The molecule has 1 amide bonds. The van der Waals surface area contributed by atoms with Crippen molar-refractivity contribution in [2.24, 2.45) is 5.41 Å². The van der Waals surface area contributed by atoms with E-state index >= 15 is 0 Å². The SMILES string of the molecule is O=C(CCCc1cccs1)N1CCC(C(=O)O)(C(F)(F)F)C1. The Labute approximate surface area is 129 Å². The van der Waals surface area contributed by atoms with Crippen molar-refractivity contribution in [3.8, 4) is 0 Å². The van der Waals surface area contributed by atoms with E-state index in [9.17, 15) is 22.8 Å². The fraction of sp³-hybridized carbons (Fsp3) is 0.571. The van der Waals surface area contributed by atoms with Gasteiger partial charge in [0.05, 0.1) is 0 Å². The minimum absolute atomic E-state index is 0.130. The number of halogens is 3. The molecule has 4 nitrogen and oxygen atoms in total. The number of carboxylic acids is 1. The Balaban J connectivity index is 1.91. The molecule has 1 saturated heterocycles. The van der Waals surface area contributed by atoms with Crippen LogP contribution in [-0.2, 0) is 16.0 Å². The van der Waals surface area contributed by atoms with Crippen LogP contribution < -0.4 is 0 Å². The van der Waals surface area contributed by atoms with Gasteiger partial charge in [0.25, 0.3) is 0 Å². The summed E-state index contributed by atoms with van der Waals surface area (Å²) >= 11 is 1.56. The smallest absolute Gasteiger partial charge is 0.406 e. The number of nitrogens with zero attached hydrogens (tertiary/aromatic N) is 1. The van der Waals surface area contributed by atoms with Crippen molar-refractivity contribution in [2.75, 3.05) is 13.1 Å². The molecule has 1 N–H and O–H groups in total. The van der Waals surface area contributed by atoms with Gasteiger partial charge in [0.2, 0.25) is 5.91 Å². The van der Waals surface area contributed by atoms with E-state index in [1.807, 2.05) is 17.5 Å². The summed E-state index contributed by atoms with van der Waals surface area (Å²) in [5, 5.41) is 10.9. The second-order valence-electron chi connectivity index (χ2n) is 5.38. The lowest BCUT2D eigenvalue weighted by Gasteiger charge is -2.27. The molecule has 1 atom stereocenters. The lowest BCUT2D eigenvalue weighted by molar-refractivity contribution is -0.227. The molecule has 1 fully saturated rings. The van der Waals surface area contributed by atoms with Crippen molar-refractivity contribution >= 4 is 23.2 Å². The number of carboxylic acid groups (broad SMARTS) is 1. The van der Waals surface area contributed by atoms with Crippen molar-refractivity contribution in [2.45, 2.75) is 31.9 Å². The van der Waals surface area contributed by atoms with Crippen LogP contribution in [0.4, 0.5) is 13.2 Å². The fourth-order valence-electron chi connectivity index (χ4n) is 2.58. The lowest BCUT2D eigenvalue weighted by Crippen LogP contribution is -2.47. The monoisotopic (exact) mass is 335 g/mol. The van der Waals surface area contributed by atoms with E-state index in [4.69, 9.17) is 5.11 Å². The van der Waals surface area contributed by atoms with Gasteiger partial charge in [-0.1, -0.05) is 6.07 Å². The fourth-order valence-corrected chi connectivity index (χ4v) is 3.33. The maximum Gasteiger partial charge on any atom is 0.406 e. The molecule has 1 aliphatic rings. The highest BCUT2D eigenvalue weighted by Crippen LogP contribution is 2.45. The lowest BCUT2D eigenvalue weighted by atomic mass is 9.86. The summed E-state index contributed by atoms with van der Waals surface area (Å²) in [5.41, 5.74) is -2.82. The average molecular weight is 335 g/mol. The van der Waals surface area contributed by atoms with Gasteiger partial charge >= 0.3 is 12.1 Å². The summed E-state index contributed by atoms with van der Waals surface area (Å²) in [7, 11) is 0. The highest BCUT2D eigenvalue weighted by Gasteiger charge is 2.64. The standard InChI is InChI=1S/C14H16F3NO3S/c15-14(16,17)13(12(20)21)6-7-18(9-13)11(19)5-1-3-10-4-2-8-22-10/h2,4,8H,1,3,5-7,9H2,(H,20,21). The second kappa shape index (κ2) is 6.28. The van der Waals surface area contributed by atoms with Crippen LogP contribution in [0.1, 0.15) is 24.1 Å². The van der Waals surface area contributed by atoms with Gasteiger partial charge in [0.15, 0.2) is 5.41 Å². The number of aryl methyl sites for hydroxylation is 1. The number of likely N-dealkylation sites (tertiary alicyclic amines) is 1. The Morgan fingerprint density at radius 2 is 2.14 bits per heavy atom. The van der Waals surface area contributed by atoms with Crippen LogP contribution in [-0.4, -0.2) is 41.1 Å². The van der Waals surface area contributed by atoms with E-state index in [1.54, 1.807) is 11.3 Å². The van der Waals surface area contributed by atoms with Crippen LogP contribution in [0.3, 0.4) is 0 Å². The van der Waals surface area contributed by atoms with Crippen molar-refractivity contribution in [1.29, 1.82) is 0 Å². The zero-order chi connectivity index (χ0) is 16.4. The van der Waals surface area contributed by atoms with Crippen LogP contribution in [0.2, 0.25) is 0 Å². The van der Waals surface area contributed by atoms with Crippen molar-refractivity contribution < 1.29 is 27.9 Å². The molecule has 8 heteroatoms. The molecule has 2 heterocycles. The highest BCUT2D eigenvalue weighted by atomic mass is 32.1. The topological polar surface area (TPSA) is 57.6 Å². The molecule has 0 aromatic carbocycles. The van der Waals surface area contributed by atoms with Crippen LogP contribution in [0.15, 0.2) is 17.5 Å². The van der Waals surface area contributed by atoms with E-state index in [1.165, 1.54) is 0 Å². The number of alkyl halides is 3. The number of hydrogen-bond donors (Lipinski definition) is 1. The third kappa shape index (κ3) is 3.26. The van der Waals surface area contributed by atoms with E-state index in [0.717, 1.165) is 9.78 Å². The van der Waals surface area contributed by atoms with E-state index in [0.29, 0.717) is 12.8 Å². The minimum atomic E-state index is -4.86. The molecule has 22 heavy (non-hydrogen) atoms. The Morgan fingerprint density at radius 1 is 1.41 bits per heavy atom. The Morgan fingerprint density at radius 3 is 2.64 bits per heavy atom. The summed E-state index contributed by atoms with van der Waals surface area (Å²) in [6.45, 7) is -0.951. The Bertz CT molecular complexity index is 544. The normalized spacial score (nSPS) is 22.0. The predicted octanol–water partition coefficient (Wildman–Crippen LogP) is 2.94. The molecule has 2 rings (SSSR count). The maximum absolute atomic E-state index is 13.0. The van der Waals surface area contributed by atoms with Crippen LogP contribution in [0.5, 0.6) is 0 Å². The zero-order valence-electron chi connectivity index (χ0n) is 11.7. The molecule has 0 radical (unpaired) electrons. The summed E-state index contributed by atoms with van der Waals surface area (Å²) in [4.78, 5) is 25.2. The van der Waals surface area contributed by atoms with Gasteiger partial charge < -0.3 is 10.0 Å². The van der Waals surface area contributed by atoms with E-state index < -0.39 is 36.4 Å². The van der Waals surface area contributed by atoms with Gasteiger partial charge in [-0.3, -0.25) is 9.59 Å². The number of carbonyl (C=O) groups excluding carboxylic acids is 1. The van der Waals surface area contributed by atoms with Crippen LogP contribution in [0, 0.1) is 5.41 Å². The highest BCUT2D eigenvalue weighted by molar-refractivity contribution is 7.09. The molecule has 1 aromatic rings. The number of rotatable bonds is 5. The first kappa shape index (κ1) is 16.8. The van der Waals surface area contributed by atoms with Crippen LogP contribution >= 0.6 is 11.3 Å². The van der Waals surface area contributed by atoms with Crippen molar-refractivity contribution in [1.82, 2.24) is 4.90 Å². The molecule has 0 spiro atoms. The molecule has 122 valence electrons. The molecule has 0 saturated carbocycles. The minimum Gasteiger partial charge on any atom is -0.481 e. The van der Waals surface area contributed by atoms with Gasteiger partial charge in [-0.25, -0.2) is 0 Å². The summed E-state index contributed by atoms with van der Waals surface area (Å²) in [6.07, 6.45) is -4.07. The average Bonchev–Trinajstić information content (AvgIpc) is 3.07. The van der Waals surface area contributed by atoms with Gasteiger partial charge in [0.1, 0.15) is 0 Å². The summed E-state index contributed by atoms with van der Waals surface area (Å²) in [6, 6.07) is 3.83. The third-order valence-corrected chi connectivity index (χ3v) is 4.90. The molecule has 1 aliphatic heterocycles. The largest absolute Gasteiger partial charge is 0.481 e. The van der Waals surface area contributed by atoms with Crippen molar-refractivity contribution in [3.63, 3.8) is 0 Å². The summed E-state index contributed by atoms with van der Waals surface area (Å²) in [5.74, 6) is -2.32. The molecular formula is C14H16F3NO3S. The van der Waals surface area contributed by atoms with Gasteiger partial charge in [0, 0.05) is 24.4 Å². The number of amides is 1. The quantitative estimate of drug-likeness (QED) is 0.900. The van der Waals surface area contributed by atoms with E-state index in [2.05, 4.69) is 0 Å². The number of thiophene rings is 1. The number of hydrogen-bond acceptors (Lipinski definition) is 3. The van der Waals surface area contributed by atoms with E-state index in [-0.39, 0.29) is 13.0 Å². The zero-order valence-corrected chi connectivity index (χ0v) is 12.5. The van der Waals surface area contributed by atoms with Gasteiger partial charge in [-0.2, -0.15) is 13.2 Å². The third-order valence-electron chi connectivity index (χ3n) is 3.97. The molecule has 0 bridgehead atoms. The van der Waals surface area contributed by atoms with Gasteiger partial charge in [-0.15, -0.1) is 11.3 Å². The second-order valence-corrected chi connectivity index (χ2v) is 6.42. The number of aliphatic carboxylic acids is 1. The molecule has 1 aromatic heterocycles. The predicted molar refractivity (Wildman–Crippen MR) is 74.6 cm³/mol. The Kier molecular flexibility index (Phi) is 4.79. The van der Waals surface area contributed by atoms with Gasteiger partial charge in [-0.05, 0) is 30.7 Å². The molecule has 0 aliphatic carbocycles. The van der Waals surface area contributed by atoms with Crippen molar-refractivity contribution in [3.05, 3.63) is 22.4 Å². The Hall–Kier alpha value is -1.57. The molecule has 1 unspecified atom stereocenters. The first-order valence-electron chi connectivity index (χ1n) is 6.86. The van der Waals surface area contributed by atoms with Crippen LogP contribution in [0.25, 0.3) is 0 Å². The number of carbonyl (C=O) groups is 2. The summed E-state index contributed by atoms with van der Waals surface area (Å²) < 4.78 is 39.1. The first-order valence-corrected chi connectivity index (χ1v) is 7.74.